The van der Waals surface area contributed by atoms with Gasteiger partial charge in [-0.3, -0.25) is 9.59 Å². The first-order valence-corrected chi connectivity index (χ1v) is 10.7. The second kappa shape index (κ2) is 8.39. The van der Waals surface area contributed by atoms with Crippen molar-refractivity contribution >= 4 is 23.2 Å². The van der Waals surface area contributed by atoms with Crippen LogP contribution in [0.15, 0.2) is 29.6 Å². The highest BCUT2D eigenvalue weighted by Crippen LogP contribution is 2.31. The van der Waals surface area contributed by atoms with E-state index in [4.69, 9.17) is 4.98 Å². The Kier molecular flexibility index (Phi) is 5.71. The number of carbonyl (C=O) groups excluding carboxylic acids is 2. The normalized spacial score (nSPS) is 17.5. The molecule has 2 heterocycles. The van der Waals surface area contributed by atoms with Crippen molar-refractivity contribution in [3.05, 3.63) is 51.7 Å². The van der Waals surface area contributed by atoms with Crippen LogP contribution in [0.3, 0.4) is 0 Å². The fourth-order valence-electron chi connectivity index (χ4n) is 3.57. The predicted molar refractivity (Wildman–Crippen MR) is 105 cm³/mol. The molecule has 1 aromatic heterocycles. The van der Waals surface area contributed by atoms with E-state index in [1.165, 1.54) is 12.1 Å². The van der Waals surface area contributed by atoms with Crippen LogP contribution in [0.5, 0.6) is 0 Å². The van der Waals surface area contributed by atoms with E-state index >= 15 is 0 Å². The van der Waals surface area contributed by atoms with Gasteiger partial charge in [-0.1, -0.05) is 12.1 Å². The van der Waals surface area contributed by atoms with Crippen LogP contribution in [0.4, 0.5) is 4.39 Å². The zero-order valence-corrected chi connectivity index (χ0v) is 16.5. The lowest BCUT2D eigenvalue weighted by Crippen LogP contribution is -2.38. The smallest absolute Gasteiger partial charge is 0.226 e. The zero-order chi connectivity index (χ0) is 19.5. The van der Waals surface area contributed by atoms with Gasteiger partial charge in [0.25, 0.3) is 0 Å². The van der Waals surface area contributed by atoms with Crippen LogP contribution >= 0.6 is 11.3 Å². The quantitative estimate of drug-likeness (QED) is 0.808. The van der Waals surface area contributed by atoms with Gasteiger partial charge in [0, 0.05) is 30.3 Å². The van der Waals surface area contributed by atoms with Gasteiger partial charge in [0.05, 0.1) is 23.7 Å². The number of rotatable bonds is 6. The van der Waals surface area contributed by atoms with Crippen LogP contribution in [0.2, 0.25) is 0 Å². The van der Waals surface area contributed by atoms with Crippen LogP contribution in [-0.4, -0.2) is 34.8 Å². The first-order chi connectivity index (χ1) is 13.6. The van der Waals surface area contributed by atoms with E-state index in [2.05, 4.69) is 5.32 Å². The molecule has 4 rings (SSSR count). The van der Waals surface area contributed by atoms with E-state index in [1.807, 2.05) is 10.3 Å². The molecule has 1 aromatic carbocycles. The molecule has 1 aliphatic heterocycles. The lowest BCUT2D eigenvalue weighted by Gasteiger charge is -2.31. The van der Waals surface area contributed by atoms with Crippen LogP contribution in [0.1, 0.15) is 47.9 Å². The number of carbonyl (C=O) groups is 2. The third-order valence-electron chi connectivity index (χ3n) is 5.40. The Morgan fingerprint density at radius 2 is 2.00 bits per heavy atom. The Labute approximate surface area is 168 Å². The summed E-state index contributed by atoms with van der Waals surface area (Å²) in [6.07, 6.45) is 4.02. The average Bonchev–Trinajstić information content (AvgIpc) is 3.44. The van der Waals surface area contributed by atoms with Gasteiger partial charge in [-0.15, -0.1) is 11.3 Å². The fraction of sp³-hybridized carbons (Fsp3) is 0.476. The summed E-state index contributed by atoms with van der Waals surface area (Å²) >= 11 is 1.64. The second-order valence-electron chi connectivity index (χ2n) is 7.63. The van der Waals surface area contributed by atoms with Crippen molar-refractivity contribution in [1.29, 1.82) is 0 Å². The number of halogens is 1. The van der Waals surface area contributed by atoms with E-state index < -0.39 is 0 Å². The summed E-state index contributed by atoms with van der Waals surface area (Å²) in [6.45, 7) is 1.90. The standard InChI is InChI=1S/C21H24FN3O2S/c22-17-3-1-2-14(10-17)11-19(26)25-8-6-16(7-9-25)21-24-18(13-28-21)12-23-20(27)15-4-5-15/h1-3,10,13,15-16H,4-9,11-12H2,(H,23,27). The van der Waals surface area contributed by atoms with Crippen LogP contribution in [0.25, 0.3) is 0 Å². The number of amides is 2. The lowest BCUT2D eigenvalue weighted by molar-refractivity contribution is -0.131. The molecular weight excluding hydrogens is 377 g/mol. The molecule has 2 fully saturated rings. The summed E-state index contributed by atoms with van der Waals surface area (Å²) < 4.78 is 13.3. The summed E-state index contributed by atoms with van der Waals surface area (Å²) in [5.41, 5.74) is 1.63. The average molecular weight is 402 g/mol. The van der Waals surface area contributed by atoms with Gasteiger partial charge in [0.1, 0.15) is 5.82 Å². The molecule has 2 aliphatic rings. The Hall–Kier alpha value is -2.28. The number of hydrogen-bond donors (Lipinski definition) is 1. The van der Waals surface area contributed by atoms with E-state index in [9.17, 15) is 14.0 Å². The number of aromatic nitrogens is 1. The van der Waals surface area contributed by atoms with Gasteiger partial charge in [-0.05, 0) is 43.4 Å². The molecule has 0 spiro atoms. The van der Waals surface area contributed by atoms with Crippen LogP contribution in [0, 0.1) is 11.7 Å². The Morgan fingerprint density at radius 1 is 1.21 bits per heavy atom. The first-order valence-electron chi connectivity index (χ1n) is 9.82. The number of nitrogens with zero attached hydrogens (tertiary/aromatic N) is 2. The second-order valence-corrected chi connectivity index (χ2v) is 8.52. The van der Waals surface area contributed by atoms with Gasteiger partial charge >= 0.3 is 0 Å². The van der Waals surface area contributed by atoms with Crippen molar-refractivity contribution in [2.45, 2.75) is 44.6 Å². The molecule has 0 unspecified atom stereocenters. The molecular formula is C21H24FN3O2S. The van der Waals surface area contributed by atoms with Crippen molar-refractivity contribution in [2.75, 3.05) is 13.1 Å². The van der Waals surface area contributed by atoms with Crippen molar-refractivity contribution in [2.24, 2.45) is 5.92 Å². The summed E-state index contributed by atoms with van der Waals surface area (Å²) in [6, 6.07) is 6.23. The zero-order valence-electron chi connectivity index (χ0n) is 15.7. The molecule has 2 amide bonds. The van der Waals surface area contributed by atoms with Crippen molar-refractivity contribution in [3.63, 3.8) is 0 Å². The lowest BCUT2D eigenvalue weighted by atomic mass is 9.97. The van der Waals surface area contributed by atoms with Crippen LogP contribution in [-0.2, 0) is 22.6 Å². The largest absolute Gasteiger partial charge is 0.350 e. The minimum atomic E-state index is -0.308. The third kappa shape index (κ3) is 4.76. The van der Waals surface area contributed by atoms with Gasteiger partial charge in [-0.25, -0.2) is 9.37 Å². The highest BCUT2D eigenvalue weighted by Gasteiger charge is 2.29. The van der Waals surface area contributed by atoms with Gasteiger partial charge in [-0.2, -0.15) is 0 Å². The summed E-state index contributed by atoms with van der Waals surface area (Å²) in [5, 5.41) is 6.06. The van der Waals surface area contributed by atoms with Gasteiger partial charge in [0.15, 0.2) is 0 Å². The maximum Gasteiger partial charge on any atom is 0.226 e. The topological polar surface area (TPSA) is 62.3 Å². The summed E-state index contributed by atoms with van der Waals surface area (Å²) in [7, 11) is 0. The van der Waals surface area contributed by atoms with Gasteiger partial charge in [0.2, 0.25) is 11.8 Å². The molecule has 0 bridgehead atoms. The summed E-state index contributed by atoms with van der Waals surface area (Å²) in [5.74, 6) is 0.451. The molecule has 5 nitrogen and oxygen atoms in total. The molecule has 7 heteroatoms. The minimum Gasteiger partial charge on any atom is -0.350 e. The number of nitrogens with one attached hydrogen (secondary N) is 1. The van der Waals surface area contributed by atoms with Crippen molar-refractivity contribution in [1.82, 2.24) is 15.2 Å². The number of likely N-dealkylation sites (tertiary alicyclic amines) is 1. The Balaban J connectivity index is 1.25. The molecule has 1 aliphatic carbocycles. The Morgan fingerprint density at radius 3 is 2.71 bits per heavy atom. The fourth-order valence-corrected chi connectivity index (χ4v) is 4.56. The monoisotopic (exact) mass is 401 g/mol. The molecule has 1 N–H and O–H groups in total. The highest BCUT2D eigenvalue weighted by atomic mass is 32.1. The summed E-state index contributed by atoms with van der Waals surface area (Å²) in [4.78, 5) is 30.8. The molecule has 2 aromatic rings. The Bertz CT molecular complexity index is 857. The molecule has 1 saturated heterocycles. The first kappa shape index (κ1) is 19.1. The predicted octanol–water partition coefficient (Wildman–Crippen LogP) is 3.26. The van der Waals surface area contributed by atoms with E-state index in [1.54, 1.807) is 23.5 Å². The highest BCUT2D eigenvalue weighted by molar-refractivity contribution is 7.09. The number of piperidine rings is 1. The van der Waals surface area contributed by atoms with E-state index in [0.29, 0.717) is 31.1 Å². The number of hydrogen-bond acceptors (Lipinski definition) is 4. The molecule has 0 atom stereocenters. The third-order valence-corrected chi connectivity index (χ3v) is 6.46. The van der Waals surface area contributed by atoms with Gasteiger partial charge < -0.3 is 10.2 Å². The molecule has 148 valence electrons. The van der Waals surface area contributed by atoms with Crippen LogP contribution < -0.4 is 5.32 Å². The maximum atomic E-state index is 13.3. The van der Waals surface area contributed by atoms with E-state index in [0.717, 1.165) is 36.4 Å². The molecule has 1 saturated carbocycles. The van der Waals surface area contributed by atoms with E-state index in [-0.39, 0.29) is 30.0 Å². The number of benzene rings is 1. The number of thiazole rings is 1. The maximum absolute atomic E-state index is 13.3. The van der Waals surface area contributed by atoms with Crippen molar-refractivity contribution in [3.8, 4) is 0 Å². The minimum absolute atomic E-state index is 0.0478. The molecule has 28 heavy (non-hydrogen) atoms. The van der Waals surface area contributed by atoms with Crippen molar-refractivity contribution < 1.29 is 14.0 Å². The SMILES string of the molecule is O=C(NCc1csc(C2CCN(C(=O)Cc3cccc(F)c3)CC2)n1)C1CC1. The molecule has 0 radical (unpaired) electrons.